The van der Waals surface area contributed by atoms with Crippen LogP contribution in [-0.2, 0) is 14.8 Å². The number of anilines is 2. The van der Waals surface area contributed by atoms with Gasteiger partial charge in [-0.2, -0.15) is 0 Å². The van der Waals surface area contributed by atoms with E-state index in [0.29, 0.717) is 11.4 Å². The first kappa shape index (κ1) is 20.3. The van der Waals surface area contributed by atoms with Gasteiger partial charge >= 0.3 is 0 Å². The van der Waals surface area contributed by atoms with Crippen LogP contribution in [0.1, 0.15) is 22.3 Å². The van der Waals surface area contributed by atoms with E-state index < -0.39 is 21.3 Å². The number of carbonyl (C=O) groups excluding carboxylic acids is 1. The van der Waals surface area contributed by atoms with Gasteiger partial charge in [0.25, 0.3) is 10.0 Å². The van der Waals surface area contributed by atoms with Crippen molar-refractivity contribution in [3.8, 4) is 0 Å². The molecular formula is C20H26N4O3S. The predicted octanol–water partition coefficient (Wildman–Crippen LogP) is 2.35. The second-order valence-electron chi connectivity index (χ2n) is 7.36. The van der Waals surface area contributed by atoms with Crippen molar-refractivity contribution in [1.82, 2.24) is 10.9 Å². The molecule has 4 N–H and O–H groups in total. The summed E-state index contributed by atoms with van der Waals surface area (Å²) in [5, 5.41) is 1.74. The summed E-state index contributed by atoms with van der Waals surface area (Å²) in [5.74, 6) is -1.12. The SMILES string of the molecule is Cc1cc(C)cc(NS(=O)(=O)C2NNCC2C(=O)Nc2ccc(C)c(C)c2)c1. The van der Waals surface area contributed by atoms with Crippen LogP contribution in [0.25, 0.3) is 0 Å². The number of hydrogen-bond acceptors (Lipinski definition) is 5. The summed E-state index contributed by atoms with van der Waals surface area (Å²) in [6, 6.07) is 11.1. The molecule has 1 fully saturated rings. The minimum absolute atomic E-state index is 0.217. The molecule has 2 aromatic rings. The average molecular weight is 403 g/mol. The fourth-order valence-corrected chi connectivity index (χ4v) is 4.78. The van der Waals surface area contributed by atoms with Crippen molar-refractivity contribution >= 4 is 27.3 Å². The molecule has 0 aromatic heterocycles. The highest BCUT2D eigenvalue weighted by molar-refractivity contribution is 7.93. The lowest BCUT2D eigenvalue weighted by Gasteiger charge is -2.20. The Kier molecular flexibility index (Phi) is 5.74. The van der Waals surface area contributed by atoms with Gasteiger partial charge in [-0.15, -0.1) is 0 Å². The zero-order valence-corrected chi connectivity index (χ0v) is 17.3. The van der Waals surface area contributed by atoms with E-state index in [9.17, 15) is 13.2 Å². The van der Waals surface area contributed by atoms with Crippen molar-refractivity contribution < 1.29 is 13.2 Å². The largest absolute Gasteiger partial charge is 0.326 e. The lowest BCUT2D eigenvalue weighted by Crippen LogP contribution is -2.45. The summed E-state index contributed by atoms with van der Waals surface area (Å²) in [4.78, 5) is 12.7. The summed E-state index contributed by atoms with van der Waals surface area (Å²) < 4.78 is 28.4. The Balaban J connectivity index is 1.76. The number of hydrogen-bond donors (Lipinski definition) is 4. The van der Waals surface area contributed by atoms with Crippen molar-refractivity contribution in [1.29, 1.82) is 0 Å². The summed E-state index contributed by atoms with van der Waals surface area (Å²) in [6.45, 7) is 7.98. The van der Waals surface area contributed by atoms with Crippen LogP contribution in [0.3, 0.4) is 0 Å². The fraction of sp³-hybridized carbons (Fsp3) is 0.350. The van der Waals surface area contributed by atoms with Gasteiger partial charge in [-0.05, 0) is 74.2 Å². The maximum Gasteiger partial charge on any atom is 0.250 e. The number of aryl methyl sites for hydroxylation is 4. The smallest absolute Gasteiger partial charge is 0.250 e. The molecule has 7 nitrogen and oxygen atoms in total. The van der Waals surface area contributed by atoms with Gasteiger partial charge in [-0.3, -0.25) is 14.9 Å². The van der Waals surface area contributed by atoms with Gasteiger partial charge in [0.05, 0.1) is 5.92 Å². The molecule has 0 bridgehead atoms. The van der Waals surface area contributed by atoms with Crippen molar-refractivity contribution in [3.05, 3.63) is 58.7 Å². The molecule has 2 atom stereocenters. The third-order valence-electron chi connectivity index (χ3n) is 4.86. The van der Waals surface area contributed by atoms with Crippen LogP contribution in [0, 0.1) is 33.6 Å². The van der Waals surface area contributed by atoms with E-state index in [1.165, 1.54) is 0 Å². The number of sulfonamides is 1. The Morgan fingerprint density at radius 2 is 1.64 bits per heavy atom. The van der Waals surface area contributed by atoms with Crippen LogP contribution in [0.5, 0.6) is 0 Å². The zero-order chi connectivity index (χ0) is 20.5. The van der Waals surface area contributed by atoms with Crippen molar-refractivity contribution in [3.63, 3.8) is 0 Å². The van der Waals surface area contributed by atoms with Gasteiger partial charge in [0, 0.05) is 17.9 Å². The first-order valence-corrected chi connectivity index (χ1v) is 10.7. The molecule has 1 saturated heterocycles. The number of amides is 1. The molecule has 2 aromatic carbocycles. The summed E-state index contributed by atoms with van der Waals surface area (Å²) in [6.07, 6.45) is 0. The lowest BCUT2D eigenvalue weighted by molar-refractivity contribution is -0.119. The zero-order valence-electron chi connectivity index (χ0n) is 16.5. The Bertz CT molecular complexity index is 984. The van der Waals surface area contributed by atoms with Gasteiger partial charge in [-0.1, -0.05) is 12.1 Å². The van der Waals surface area contributed by atoms with Crippen LogP contribution in [-0.4, -0.2) is 26.2 Å². The third kappa shape index (κ3) is 4.52. The van der Waals surface area contributed by atoms with Crippen LogP contribution < -0.4 is 20.9 Å². The quantitative estimate of drug-likeness (QED) is 0.615. The van der Waals surface area contributed by atoms with Gasteiger partial charge in [0.2, 0.25) is 5.91 Å². The van der Waals surface area contributed by atoms with Gasteiger partial charge in [0.1, 0.15) is 0 Å². The Labute approximate surface area is 165 Å². The van der Waals surface area contributed by atoms with Crippen molar-refractivity contribution in [2.75, 3.05) is 16.6 Å². The lowest BCUT2D eigenvalue weighted by atomic mass is 10.1. The van der Waals surface area contributed by atoms with E-state index in [0.717, 1.165) is 22.3 Å². The molecule has 1 amide bonds. The Morgan fingerprint density at radius 1 is 0.964 bits per heavy atom. The Hall–Kier alpha value is -2.42. The molecule has 2 unspecified atom stereocenters. The minimum atomic E-state index is -3.83. The average Bonchev–Trinajstić information content (AvgIpc) is 3.07. The normalized spacial score (nSPS) is 19.4. The topological polar surface area (TPSA) is 99.3 Å². The van der Waals surface area contributed by atoms with E-state index in [-0.39, 0.29) is 12.5 Å². The maximum atomic E-state index is 12.9. The molecular weight excluding hydrogens is 376 g/mol. The molecule has 1 heterocycles. The summed E-state index contributed by atoms with van der Waals surface area (Å²) in [7, 11) is -3.83. The maximum absolute atomic E-state index is 12.9. The number of hydrazine groups is 1. The molecule has 8 heteroatoms. The highest BCUT2D eigenvalue weighted by Crippen LogP contribution is 2.22. The van der Waals surface area contributed by atoms with E-state index in [2.05, 4.69) is 20.9 Å². The van der Waals surface area contributed by atoms with E-state index in [1.807, 2.05) is 52.0 Å². The van der Waals surface area contributed by atoms with Gasteiger partial charge < -0.3 is 5.32 Å². The second-order valence-corrected chi connectivity index (χ2v) is 9.17. The molecule has 3 rings (SSSR count). The molecule has 0 spiro atoms. The van der Waals surface area contributed by atoms with Crippen LogP contribution in [0.4, 0.5) is 11.4 Å². The molecule has 0 aliphatic carbocycles. The number of nitrogens with one attached hydrogen (secondary N) is 4. The van der Waals surface area contributed by atoms with E-state index in [1.54, 1.807) is 12.1 Å². The van der Waals surface area contributed by atoms with Gasteiger partial charge in [-0.25, -0.2) is 13.8 Å². The minimum Gasteiger partial charge on any atom is -0.326 e. The van der Waals surface area contributed by atoms with Crippen molar-refractivity contribution in [2.24, 2.45) is 5.92 Å². The highest BCUT2D eigenvalue weighted by atomic mass is 32.2. The molecule has 0 saturated carbocycles. The van der Waals surface area contributed by atoms with E-state index >= 15 is 0 Å². The molecule has 1 aliphatic rings. The number of benzene rings is 2. The number of carbonyl (C=O) groups is 1. The standard InChI is InChI=1S/C20H26N4O3S/c1-12-7-13(2)9-17(8-12)24-28(26,27)20-18(11-21-23-20)19(25)22-16-6-5-14(3)15(4)10-16/h5-10,18,20-21,23-24H,11H2,1-4H3,(H,22,25). The first-order valence-electron chi connectivity index (χ1n) is 9.12. The predicted molar refractivity (Wildman–Crippen MR) is 111 cm³/mol. The molecule has 150 valence electrons. The monoisotopic (exact) mass is 402 g/mol. The third-order valence-corrected chi connectivity index (χ3v) is 6.49. The first-order chi connectivity index (χ1) is 13.2. The van der Waals surface area contributed by atoms with Gasteiger partial charge in [0.15, 0.2) is 5.37 Å². The summed E-state index contributed by atoms with van der Waals surface area (Å²) >= 11 is 0. The second kappa shape index (κ2) is 7.90. The number of rotatable bonds is 5. The fourth-order valence-electron chi connectivity index (χ4n) is 3.32. The molecule has 28 heavy (non-hydrogen) atoms. The summed E-state index contributed by atoms with van der Waals surface area (Å²) in [5.41, 5.74) is 10.8. The van der Waals surface area contributed by atoms with Crippen LogP contribution in [0.15, 0.2) is 36.4 Å². The molecule has 0 radical (unpaired) electrons. The van der Waals surface area contributed by atoms with E-state index in [4.69, 9.17) is 0 Å². The highest BCUT2D eigenvalue weighted by Gasteiger charge is 2.42. The van der Waals surface area contributed by atoms with Crippen LogP contribution >= 0.6 is 0 Å². The van der Waals surface area contributed by atoms with Crippen molar-refractivity contribution in [2.45, 2.75) is 33.1 Å². The molecule has 1 aliphatic heterocycles. The van der Waals surface area contributed by atoms with Crippen LogP contribution in [0.2, 0.25) is 0 Å². The Morgan fingerprint density at radius 3 is 2.29 bits per heavy atom.